The third-order valence-corrected chi connectivity index (χ3v) is 3.36. The first-order chi connectivity index (χ1) is 10.2. The first kappa shape index (κ1) is 15.2. The minimum atomic E-state index is 0.683. The summed E-state index contributed by atoms with van der Waals surface area (Å²) in [5, 5.41) is 0.683. The fraction of sp³-hybridized carbons (Fsp3) is 0.111. The van der Waals surface area contributed by atoms with Crippen LogP contribution < -0.4 is 9.47 Å². The number of hydrogen-bond acceptors (Lipinski definition) is 2. The van der Waals surface area contributed by atoms with E-state index < -0.39 is 0 Å². The molecule has 21 heavy (non-hydrogen) atoms. The van der Waals surface area contributed by atoms with E-state index in [0.717, 1.165) is 22.6 Å². The summed E-state index contributed by atoms with van der Waals surface area (Å²) in [6.07, 6.45) is 5.79. The molecule has 2 aromatic carbocycles. The highest BCUT2D eigenvalue weighted by atomic mass is 35.5. The van der Waals surface area contributed by atoms with E-state index in [1.165, 1.54) is 0 Å². The summed E-state index contributed by atoms with van der Waals surface area (Å²) < 4.78 is 10.2. The van der Waals surface area contributed by atoms with Crippen LogP contribution in [0.4, 0.5) is 0 Å². The van der Waals surface area contributed by atoms with Crippen LogP contribution in [0, 0.1) is 0 Å². The van der Waals surface area contributed by atoms with Gasteiger partial charge in [-0.05, 0) is 53.6 Å². The molecule has 108 valence electrons. The summed E-state index contributed by atoms with van der Waals surface area (Å²) in [5.74, 6) is 1.66. The van der Waals surface area contributed by atoms with Gasteiger partial charge in [0.05, 0.1) is 14.2 Å². The molecule has 0 aromatic heterocycles. The fourth-order valence-electron chi connectivity index (χ4n) is 1.81. The van der Waals surface area contributed by atoms with Gasteiger partial charge in [0, 0.05) is 5.03 Å². The third-order valence-electron chi connectivity index (χ3n) is 3.01. The Kier molecular flexibility index (Phi) is 5.47. The second kappa shape index (κ2) is 7.55. The Bertz CT molecular complexity index is 625. The van der Waals surface area contributed by atoms with Crippen LogP contribution in [-0.2, 0) is 0 Å². The first-order valence-corrected chi connectivity index (χ1v) is 6.93. The number of benzene rings is 2. The van der Waals surface area contributed by atoms with Gasteiger partial charge in [0.1, 0.15) is 11.5 Å². The van der Waals surface area contributed by atoms with E-state index in [1.54, 1.807) is 14.2 Å². The monoisotopic (exact) mass is 300 g/mol. The highest BCUT2D eigenvalue weighted by Gasteiger charge is 1.97. The number of rotatable bonds is 5. The third kappa shape index (κ3) is 4.40. The highest BCUT2D eigenvalue weighted by molar-refractivity contribution is 6.48. The topological polar surface area (TPSA) is 18.5 Å². The van der Waals surface area contributed by atoms with Crippen molar-refractivity contribution in [1.29, 1.82) is 0 Å². The Balaban J connectivity index is 2.05. The van der Waals surface area contributed by atoms with Crippen molar-refractivity contribution in [3.63, 3.8) is 0 Å². The van der Waals surface area contributed by atoms with E-state index in [9.17, 15) is 0 Å². The molecule has 2 aromatic rings. The molecule has 0 amide bonds. The number of ether oxygens (including phenoxy) is 2. The predicted octanol–water partition coefficient (Wildman–Crippen LogP) is 5.00. The summed E-state index contributed by atoms with van der Waals surface area (Å²) in [4.78, 5) is 0. The molecule has 0 aliphatic carbocycles. The molecule has 2 nitrogen and oxygen atoms in total. The van der Waals surface area contributed by atoms with Crippen molar-refractivity contribution in [2.24, 2.45) is 0 Å². The van der Waals surface area contributed by atoms with Gasteiger partial charge in [-0.15, -0.1) is 0 Å². The van der Waals surface area contributed by atoms with E-state index >= 15 is 0 Å². The molecule has 0 bridgehead atoms. The molecular formula is C18H17ClO2. The Hall–Kier alpha value is -2.19. The van der Waals surface area contributed by atoms with Crippen LogP contribution in [-0.4, -0.2) is 14.2 Å². The van der Waals surface area contributed by atoms with Crippen LogP contribution in [0.5, 0.6) is 11.5 Å². The summed E-state index contributed by atoms with van der Waals surface area (Å²) in [6, 6.07) is 15.5. The van der Waals surface area contributed by atoms with Gasteiger partial charge in [-0.3, -0.25) is 0 Å². The zero-order valence-electron chi connectivity index (χ0n) is 12.0. The highest BCUT2D eigenvalue weighted by Crippen LogP contribution is 2.22. The van der Waals surface area contributed by atoms with Crippen molar-refractivity contribution in [2.75, 3.05) is 14.2 Å². The fourth-order valence-corrected chi connectivity index (χ4v) is 2.00. The Morgan fingerprint density at radius 2 is 1.38 bits per heavy atom. The van der Waals surface area contributed by atoms with Crippen LogP contribution >= 0.6 is 11.6 Å². The molecule has 0 N–H and O–H groups in total. The summed E-state index contributed by atoms with van der Waals surface area (Å²) in [6.45, 7) is 0. The predicted molar refractivity (Wildman–Crippen MR) is 88.9 cm³/mol. The maximum Gasteiger partial charge on any atom is 0.118 e. The number of hydrogen-bond donors (Lipinski definition) is 0. The molecule has 0 saturated heterocycles. The van der Waals surface area contributed by atoms with Gasteiger partial charge in [-0.25, -0.2) is 0 Å². The number of halogens is 1. The Morgan fingerprint density at radius 1 is 0.857 bits per heavy atom. The molecular weight excluding hydrogens is 284 g/mol. The minimum absolute atomic E-state index is 0.683. The SMILES string of the molecule is COc1ccc(/C=C/C=C(\Cl)c2ccc(OC)cc2)cc1. The molecule has 3 heteroatoms. The Labute approximate surface area is 130 Å². The van der Waals surface area contributed by atoms with E-state index in [0.29, 0.717) is 5.03 Å². The molecule has 0 heterocycles. The molecule has 0 aliphatic rings. The van der Waals surface area contributed by atoms with Gasteiger partial charge in [-0.2, -0.15) is 0 Å². The normalized spacial score (nSPS) is 11.7. The van der Waals surface area contributed by atoms with Crippen molar-refractivity contribution in [2.45, 2.75) is 0 Å². The molecule has 0 fully saturated rings. The lowest BCUT2D eigenvalue weighted by Crippen LogP contribution is -1.82. The van der Waals surface area contributed by atoms with Gasteiger partial charge < -0.3 is 9.47 Å². The lowest BCUT2D eigenvalue weighted by Gasteiger charge is -2.01. The number of allylic oxidation sites excluding steroid dienone is 2. The lowest BCUT2D eigenvalue weighted by atomic mass is 10.1. The smallest absolute Gasteiger partial charge is 0.118 e. The van der Waals surface area contributed by atoms with Crippen molar-refractivity contribution in [3.05, 3.63) is 71.8 Å². The van der Waals surface area contributed by atoms with Gasteiger partial charge in [0.15, 0.2) is 0 Å². The second-order valence-corrected chi connectivity index (χ2v) is 4.78. The maximum absolute atomic E-state index is 6.26. The van der Waals surface area contributed by atoms with Gasteiger partial charge in [0.2, 0.25) is 0 Å². The van der Waals surface area contributed by atoms with Crippen LogP contribution in [0.2, 0.25) is 0 Å². The van der Waals surface area contributed by atoms with Crippen molar-refractivity contribution in [1.82, 2.24) is 0 Å². The summed E-state index contributed by atoms with van der Waals surface area (Å²) in [7, 11) is 3.30. The molecule has 0 spiro atoms. The minimum Gasteiger partial charge on any atom is -0.497 e. The van der Waals surface area contributed by atoms with E-state index in [2.05, 4.69) is 0 Å². The van der Waals surface area contributed by atoms with Crippen LogP contribution in [0.3, 0.4) is 0 Å². The van der Waals surface area contributed by atoms with E-state index in [-0.39, 0.29) is 0 Å². The van der Waals surface area contributed by atoms with Crippen molar-refractivity contribution < 1.29 is 9.47 Å². The standard InChI is InChI=1S/C18H17ClO2/c1-20-16-10-6-14(7-11-16)4-3-5-18(19)15-8-12-17(21-2)13-9-15/h3-13H,1-2H3/b4-3+,18-5-. The molecule has 0 aliphatic heterocycles. The molecule has 0 radical (unpaired) electrons. The largest absolute Gasteiger partial charge is 0.497 e. The van der Waals surface area contributed by atoms with Crippen LogP contribution in [0.15, 0.2) is 60.7 Å². The molecule has 0 unspecified atom stereocenters. The quantitative estimate of drug-likeness (QED) is 0.724. The first-order valence-electron chi connectivity index (χ1n) is 6.55. The van der Waals surface area contributed by atoms with Crippen LogP contribution in [0.25, 0.3) is 11.1 Å². The summed E-state index contributed by atoms with van der Waals surface area (Å²) >= 11 is 6.26. The zero-order valence-corrected chi connectivity index (χ0v) is 12.8. The van der Waals surface area contributed by atoms with Crippen molar-refractivity contribution in [3.8, 4) is 11.5 Å². The lowest BCUT2D eigenvalue weighted by molar-refractivity contribution is 0.414. The average molecular weight is 301 g/mol. The van der Waals surface area contributed by atoms with Gasteiger partial charge >= 0.3 is 0 Å². The average Bonchev–Trinajstić information content (AvgIpc) is 2.55. The maximum atomic E-state index is 6.26. The second-order valence-electron chi connectivity index (χ2n) is 4.38. The van der Waals surface area contributed by atoms with Crippen molar-refractivity contribution >= 4 is 22.7 Å². The van der Waals surface area contributed by atoms with E-state index in [4.69, 9.17) is 21.1 Å². The Morgan fingerprint density at radius 3 is 1.90 bits per heavy atom. The van der Waals surface area contributed by atoms with E-state index in [1.807, 2.05) is 66.8 Å². The molecule has 0 saturated carbocycles. The van der Waals surface area contributed by atoms with Crippen LogP contribution in [0.1, 0.15) is 11.1 Å². The van der Waals surface area contributed by atoms with Gasteiger partial charge in [-0.1, -0.05) is 35.9 Å². The molecule has 2 rings (SSSR count). The summed E-state index contributed by atoms with van der Waals surface area (Å²) in [5.41, 5.74) is 2.04. The molecule has 0 atom stereocenters. The number of methoxy groups -OCH3 is 2. The van der Waals surface area contributed by atoms with Gasteiger partial charge in [0.25, 0.3) is 0 Å². The zero-order chi connectivity index (χ0) is 15.1.